The number of aromatic nitrogens is 1. The average molecular weight is 433 g/mol. The molecular weight excluding hydrogens is 404 g/mol. The minimum absolute atomic E-state index is 0.108. The van der Waals surface area contributed by atoms with Gasteiger partial charge in [0.05, 0.1) is 24.3 Å². The number of carbonyl (C=O) groups excluding carboxylic acids is 2. The number of nitrogens with zero attached hydrogens (tertiary/aromatic N) is 2. The highest BCUT2D eigenvalue weighted by atomic mass is 16.5. The summed E-state index contributed by atoms with van der Waals surface area (Å²) in [6.07, 6.45) is 0.362. The monoisotopic (exact) mass is 432 g/mol. The molecule has 2 aromatic carbocycles. The van der Waals surface area contributed by atoms with Crippen LogP contribution in [0.4, 0.5) is 11.4 Å². The number of aryl methyl sites for hydroxylation is 1. The van der Waals surface area contributed by atoms with Gasteiger partial charge in [0.1, 0.15) is 0 Å². The third kappa shape index (κ3) is 5.06. The Labute approximate surface area is 187 Å². The number of hydrogen-bond acceptors (Lipinski definition) is 5. The lowest BCUT2D eigenvalue weighted by molar-refractivity contribution is -0.115. The first-order valence-corrected chi connectivity index (χ1v) is 10.9. The molecule has 0 aliphatic carbocycles. The lowest BCUT2D eigenvalue weighted by Crippen LogP contribution is -2.36. The molecule has 0 unspecified atom stereocenters. The molecule has 0 bridgehead atoms. The fourth-order valence-corrected chi connectivity index (χ4v) is 3.77. The Morgan fingerprint density at radius 2 is 1.81 bits per heavy atom. The van der Waals surface area contributed by atoms with E-state index < -0.39 is 0 Å². The number of rotatable bonds is 6. The number of morpholine rings is 1. The third-order valence-corrected chi connectivity index (χ3v) is 5.56. The number of hydrogen-bond donors (Lipinski definition) is 2. The Balaban J connectivity index is 1.50. The SMILES string of the molecule is CCC(=O)Nc1cc(C(=O)NCc2ccc(N3CCOCC3)cc2)c2ccc(C)nc2c1. The van der Waals surface area contributed by atoms with Gasteiger partial charge in [0.2, 0.25) is 5.91 Å². The van der Waals surface area contributed by atoms with Crippen molar-refractivity contribution in [2.24, 2.45) is 0 Å². The summed E-state index contributed by atoms with van der Waals surface area (Å²) in [6.45, 7) is 7.38. The molecule has 1 fully saturated rings. The standard InChI is InChI=1S/C25H28N4O3/c1-3-24(30)28-19-14-22(21-9-4-17(2)27-23(21)15-19)25(31)26-16-18-5-7-20(8-6-18)29-10-12-32-13-11-29/h4-9,14-15H,3,10-13,16H2,1-2H3,(H,26,31)(H,28,30). The van der Waals surface area contributed by atoms with Gasteiger partial charge in [-0.3, -0.25) is 14.6 Å². The van der Waals surface area contributed by atoms with E-state index in [1.54, 1.807) is 19.1 Å². The number of nitrogens with one attached hydrogen (secondary N) is 2. The first-order valence-electron chi connectivity index (χ1n) is 10.9. The van der Waals surface area contributed by atoms with Gasteiger partial charge in [0, 0.05) is 48.5 Å². The zero-order valence-corrected chi connectivity index (χ0v) is 18.5. The summed E-state index contributed by atoms with van der Waals surface area (Å²) in [4.78, 5) is 31.8. The number of pyridine rings is 1. The van der Waals surface area contributed by atoms with Crippen molar-refractivity contribution in [2.75, 3.05) is 36.5 Å². The largest absolute Gasteiger partial charge is 0.378 e. The molecule has 7 nitrogen and oxygen atoms in total. The lowest BCUT2D eigenvalue weighted by atomic mass is 10.1. The summed E-state index contributed by atoms with van der Waals surface area (Å²) < 4.78 is 5.41. The molecule has 0 atom stereocenters. The molecule has 1 aromatic heterocycles. The molecule has 3 aromatic rings. The smallest absolute Gasteiger partial charge is 0.252 e. The van der Waals surface area contributed by atoms with Gasteiger partial charge in [0.25, 0.3) is 5.91 Å². The summed E-state index contributed by atoms with van der Waals surface area (Å²) in [7, 11) is 0. The van der Waals surface area contributed by atoms with Gasteiger partial charge in [-0.25, -0.2) is 0 Å². The van der Waals surface area contributed by atoms with E-state index in [0.29, 0.717) is 29.7 Å². The van der Waals surface area contributed by atoms with Gasteiger partial charge in [-0.15, -0.1) is 0 Å². The summed E-state index contributed by atoms with van der Waals surface area (Å²) in [5.41, 5.74) is 4.77. The van der Waals surface area contributed by atoms with Gasteiger partial charge >= 0.3 is 0 Å². The molecular formula is C25H28N4O3. The summed E-state index contributed by atoms with van der Waals surface area (Å²) >= 11 is 0. The molecule has 0 spiro atoms. The first kappa shape index (κ1) is 21.8. The molecule has 7 heteroatoms. The molecule has 32 heavy (non-hydrogen) atoms. The van der Waals surface area contributed by atoms with E-state index in [1.807, 2.05) is 31.2 Å². The van der Waals surface area contributed by atoms with Crippen molar-refractivity contribution in [2.45, 2.75) is 26.8 Å². The molecule has 2 N–H and O–H groups in total. The van der Waals surface area contributed by atoms with E-state index in [0.717, 1.165) is 48.6 Å². The maximum atomic E-state index is 13.1. The van der Waals surface area contributed by atoms with Crippen LogP contribution in [0, 0.1) is 6.92 Å². The molecule has 4 rings (SSSR count). The Morgan fingerprint density at radius 3 is 2.53 bits per heavy atom. The van der Waals surface area contributed by atoms with Crippen LogP contribution in [0.1, 0.15) is 35.0 Å². The Morgan fingerprint density at radius 1 is 1.06 bits per heavy atom. The van der Waals surface area contributed by atoms with Crippen molar-refractivity contribution in [3.8, 4) is 0 Å². The van der Waals surface area contributed by atoms with Gasteiger partial charge in [-0.05, 0) is 42.8 Å². The molecule has 1 saturated heterocycles. The molecule has 0 saturated carbocycles. The average Bonchev–Trinajstić information content (AvgIpc) is 2.82. The fraction of sp³-hybridized carbons (Fsp3) is 0.320. The van der Waals surface area contributed by atoms with Crippen molar-refractivity contribution in [1.29, 1.82) is 0 Å². The van der Waals surface area contributed by atoms with Crippen molar-refractivity contribution < 1.29 is 14.3 Å². The van der Waals surface area contributed by atoms with E-state index in [9.17, 15) is 9.59 Å². The zero-order chi connectivity index (χ0) is 22.5. The third-order valence-electron chi connectivity index (χ3n) is 5.56. The van der Waals surface area contributed by atoms with E-state index in [2.05, 4.69) is 32.7 Å². The van der Waals surface area contributed by atoms with Crippen molar-refractivity contribution >= 4 is 34.1 Å². The topological polar surface area (TPSA) is 83.6 Å². The maximum Gasteiger partial charge on any atom is 0.252 e. The fourth-order valence-electron chi connectivity index (χ4n) is 3.77. The Kier molecular flexibility index (Phi) is 6.66. The van der Waals surface area contributed by atoms with E-state index in [4.69, 9.17) is 4.74 Å². The van der Waals surface area contributed by atoms with Crippen LogP contribution < -0.4 is 15.5 Å². The van der Waals surface area contributed by atoms with Crippen LogP contribution in [-0.2, 0) is 16.1 Å². The minimum atomic E-state index is -0.203. The normalized spacial score (nSPS) is 13.8. The quantitative estimate of drug-likeness (QED) is 0.621. The predicted molar refractivity (Wildman–Crippen MR) is 126 cm³/mol. The minimum Gasteiger partial charge on any atom is -0.378 e. The predicted octanol–water partition coefficient (Wildman–Crippen LogP) is 3.66. The van der Waals surface area contributed by atoms with Crippen molar-refractivity contribution in [3.05, 3.63) is 65.4 Å². The second kappa shape index (κ2) is 9.78. The number of benzene rings is 2. The second-order valence-electron chi connectivity index (χ2n) is 7.89. The second-order valence-corrected chi connectivity index (χ2v) is 7.89. The molecule has 1 aliphatic rings. The van der Waals surface area contributed by atoms with Gasteiger partial charge in [0.15, 0.2) is 0 Å². The van der Waals surface area contributed by atoms with Crippen LogP contribution >= 0.6 is 0 Å². The lowest BCUT2D eigenvalue weighted by Gasteiger charge is -2.28. The summed E-state index contributed by atoms with van der Waals surface area (Å²) in [6, 6.07) is 15.5. The highest BCUT2D eigenvalue weighted by molar-refractivity contribution is 6.08. The summed E-state index contributed by atoms with van der Waals surface area (Å²) in [5, 5.41) is 6.59. The van der Waals surface area contributed by atoms with Crippen molar-refractivity contribution in [1.82, 2.24) is 10.3 Å². The van der Waals surface area contributed by atoms with E-state index in [-0.39, 0.29) is 11.8 Å². The van der Waals surface area contributed by atoms with Gasteiger partial charge < -0.3 is 20.3 Å². The molecule has 2 amide bonds. The van der Waals surface area contributed by atoms with Crippen LogP contribution in [0.15, 0.2) is 48.5 Å². The number of carbonyl (C=O) groups is 2. The van der Waals surface area contributed by atoms with E-state index in [1.165, 1.54) is 0 Å². The number of fused-ring (bicyclic) bond motifs is 1. The first-order chi connectivity index (χ1) is 15.5. The highest BCUT2D eigenvalue weighted by Gasteiger charge is 2.15. The van der Waals surface area contributed by atoms with Gasteiger partial charge in [-0.2, -0.15) is 0 Å². The number of anilines is 2. The molecule has 0 radical (unpaired) electrons. The van der Waals surface area contributed by atoms with Crippen molar-refractivity contribution in [3.63, 3.8) is 0 Å². The number of amides is 2. The van der Waals surface area contributed by atoms with Crippen LogP contribution in [0.25, 0.3) is 10.9 Å². The van der Waals surface area contributed by atoms with Crippen LogP contribution in [-0.4, -0.2) is 43.1 Å². The zero-order valence-electron chi connectivity index (χ0n) is 18.5. The van der Waals surface area contributed by atoms with Gasteiger partial charge in [-0.1, -0.05) is 25.1 Å². The van der Waals surface area contributed by atoms with Crippen LogP contribution in [0.5, 0.6) is 0 Å². The molecule has 1 aliphatic heterocycles. The Bertz CT molecular complexity index is 1120. The maximum absolute atomic E-state index is 13.1. The Hall–Kier alpha value is -3.45. The molecule has 166 valence electrons. The van der Waals surface area contributed by atoms with Crippen LogP contribution in [0.2, 0.25) is 0 Å². The van der Waals surface area contributed by atoms with E-state index >= 15 is 0 Å². The number of ether oxygens (including phenoxy) is 1. The van der Waals surface area contributed by atoms with Crippen LogP contribution in [0.3, 0.4) is 0 Å². The highest BCUT2D eigenvalue weighted by Crippen LogP contribution is 2.24. The molecule has 2 heterocycles. The summed E-state index contributed by atoms with van der Waals surface area (Å²) in [5.74, 6) is -0.311.